The molecule has 50 valence electrons. The van der Waals surface area contributed by atoms with E-state index in [0.29, 0.717) is 6.42 Å². The van der Waals surface area contributed by atoms with Crippen molar-refractivity contribution in [2.24, 2.45) is 0 Å². The number of rotatable bonds is 3. The summed E-state index contributed by atoms with van der Waals surface area (Å²) in [6, 6.07) is 0. The van der Waals surface area contributed by atoms with Crippen molar-refractivity contribution < 1.29 is 13.7 Å². The second-order valence-electron chi connectivity index (χ2n) is 1.41. The van der Waals surface area contributed by atoms with Gasteiger partial charge in [-0.2, -0.15) is 0 Å². The van der Waals surface area contributed by atoms with Crippen LogP contribution in [0, 0.1) is 0 Å². The second kappa shape index (κ2) is 3.17. The van der Waals surface area contributed by atoms with Crippen LogP contribution in [0.15, 0.2) is 0 Å². The van der Waals surface area contributed by atoms with Crippen molar-refractivity contribution in [2.75, 3.05) is 6.54 Å². The Kier molecular flexibility index (Phi) is 3.21. The molecule has 0 aromatic carbocycles. The standard InChI is InChI=1S/C3H9FNO2P/c1-2-3-5-8(4,6)7/h2-3H2,1H3,(H2,5,6,7). The molecule has 0 fully saturated rings. The summed E-state index contributed by atoms with van der Waals surface area (Å²) < 4.78 is 21.3. The average molecular weight is 141 g/mol. The molecule has 0 rings (SSSR count). The highest BCUT2D eigenvalue weighted by atomic mass is 31.2. The van der Waals surface area contributed by atoms with Crippen molar-refractivity contribution in [3.63, 3.8) is 0 Å². The number of halogens is 1. The number of hydrogen-bond donors (Lipinski definition) is 2. The van der Waals surface area contributed by atoms with Crippen LogP contribution in [0.2, 0.25) is 0 Å². The van der Waals surface area contributed by atoms with E-state index in [1.807, 2.05) is 5.09 Å². The summed E-state index contributed by atoms with van der Waals surface area (Å²) in [7, 11) is -4.43. The van der Waals surface area contributed by atoms with Crippen LogP contribution in [0.25, 0.3) is 0 Å². The van der Waals surface area contributed by atoms with Gasteiger partial charge in [-0.05, 0) is 6.42 Å². The van der Waals surface area contributed by atoms with E-state index in [1.165, 1.54) is 0 Å². The minimum Gasteiger partial charge on any atom is -0.309 e. The molecule has 0 radical (unpaired) electrons. The first-order valence-corrected chi connectivity index (χ1v) is 3.89. The third-order valence-electron chi connectivity index (χ3n) is 0.557. The highest BCUT2D eigenvalue weighted by Gasteiger charge is 2.11. The first-order valence-electron chi connectivity index (χ1n) is 2.34. The van der Waals surface area contributed by atoms with Crippen LogP contribution in [0.4, 0.5) is 4.20 Å². The van der Waals surface area contributed by atoms with Crippen LogP contribution in [-0.4, -0.2) is 11.4 Å². The Balaban J connectivity index is 3.26. The first-order chi connectivity index (χ1) is 3.56. The van der Waals surface area contributed by atoms with E-state index in [0.717, 1.165) is 0 Å². The second-order valence-corrected chi connectivity index (χ2v) is 2.73. The van der Waals surface area contributed by atoms with Gasteiger partial charge < -0.3 is 4.89 Å². The van der Waals surface area contributed by atoms with Crippen LogP contribution in [0.5, 0.6) is 0 Å². The van der Waals surface area contributed by atoms with E-state index < -0.39 is 7.83 Å². The summed E-state index contributed by atoms with van der Waals surface area (Å²) in [5, 5.41) is 1.82. The Labute approximate surface area is 47.5 Å². The van der Waals surface area contributed by atoms with Gasteiger partial charge in [-0.1, -0.05) is 6.92 Å². The Morgan fingerprint density at radius 3 is 2.50 bits per heavy atom. The zero-order chi connectivity index (χ0) is 6.62. The van der Waals surface area contributed by atoms with Gasteiger partial charge in [0.1, 0.15) is 0 Å². The van der Waals surface area contributed by atoms with Crippen LogP contribution >= 0.6 is 7.83 Å². The van der Waals surface area contributed by atoms with Gasteiger partial charge in [-0.3, -0.25) is 0 Å². The molecule has 0 aromatic heterocycles. The highest BCUT2D eigenvalue weighted by molar-refractivity contribution is 7.50. The molecule has 0 bridgehead atoms. The maximum Gasteiger partial charge on any atom is 0.440 e. The van der Waals surface area contributed by atoms with Gasteiger partial charge in [0.25, 0.3) is 0 Å². The molecule has 0 heterocycles. The Hall–Kier alpha value is 0.0800. The van der Waals surface area contributed by atoms with Crippen LogP contribution < -0.4 is 5.09 Å². The Bertz CT molecular complexity index is 101. The minimum atomic E-state index is -4.43. The fourth-order valence-corrected chi connectivity index (χ4v) is 0.749. The van der Waals surface area contributed by atoms with Crippen molar-refractivity contribution in [3.05, 3.63) is 0 Å². The molecule has 0 aromatic rings. The van der Waals surface area contributed by atoms with E-state index >= 15 is 0 Å². The minimum absolute atomic E-state index is 0.240. The zero-order valence-corrected chi connectivity index (χ0v) is 5.49. The molecule has 0 saturated heterocycles. The molecule has 1 unspecified atom stereocenters. The molecule has 0 amide bonds. The summed E-state index contributed by atoms with van der Waals surface area (Å²) in [6.45, 7) is 2.02. The highest BCUT2D eigenvalue weighted by Crippen LogP contribution is 2.35. The van der Waals surface area contributed by atoms with Crippen LogP contribution in [0.1, 0.15) is 13.3 Å². The summed E-state index contributed by atoms with van der Waals surface area (Å²) in [5.41, 5.74) is 0. The van der Waals surface area contributed by atoms with Gasteiger partial charge >= 0.3 is 7.83 Å². The summed E-state index contributed by atoms with van der Waals surface area (Å²) in [4.78, 5) is 7.93. The molecule has 8 heavy (non-hydrogen) atoms. The quantitative estimate of drug-likeness (QED) is 0.577. The predicted molar refractivity (Wildman–Crippen MR) is 29.2 cm³/mol. The molecule has 5 heteroatoms. The molecule has 3 nitrogen and oxygen atoms in total. The molecule has 0 aliphatic heterocycles. The van der Waals surface area contributed by atoms with Crippen LogP contribution in [-0.2, 0) is 4.57 Å². The van der Waals surface area contributed by atoms with Gasteiger partial charge in [0.15, 0.2) is 0 Å². The van der Waals surface area contributed by atoms with E-state index in [1.54, 1.807) is 6.92 Å². The van der Waals surface area contributed by atoms with Crippen molar-refractivity contribution >= 4 is 7.83 Å². The van der Waals surface area contributed by atoms with Crippen molar-refractivity contribution in [1.82, 2.24) is 5.09 Å². The van der Waals surface area contributed by atoms with Crippen molar-refractivity contribution in [2.45, 2.75) is 13.3 Å². The lowest BCUT2D eigenvalue weighted by molar-refractivity contribution is 0.412. The van der Waals surface area contributed by atoms with Gasteiger partial charge in [-0.25, -0.2) is 9.65 Å². The molecular formula is C3H9FNO2P. The van der Waals surface area contributed by atoms with Crippen molar-refractivity contribution in [1.29, 1.82) is 0 Å². The SMILES string of the molecule is CCCNP(=O)(O)F. The monoisotopic (exact) mass is 141 g/mol. The maximum atomic E-state index is 11.6. The molecule has 2 N–H and O–H groups in total. The summed E-state index contributed by atoms with van der Waals surface area (Å²) in [6.07, 6.45) is 0.647. The lowest BCUT2D eigenvalue weighted by Gasteiger charge is -1.99. The molecular weight excluding hydrogens is 132 g/mol. The van der Waals surface area contributed by atoms with Gasteiger partial charge in [0.05, 0.1) is 0 Å². The molecule has 1 atom stereocenters. The Morgan fingerprint density at radius 1 is 1.88 bits per heavy atom. The van der Waals surface area contributed by atoms with Gasteiger partial charge in [0.2, 0.25) is 0 Å². The Morgan fingerprint density at radius 2 is 2.38 bits per heavy atom. The van der Waals surface area contributed by atoms with Crippen molar-refractivity contribution in [3.8, 4) is 0 Å². The number of hydrogen-bond acceptors (Lipinski definition) is 1. The lowest BCUT2D eigenvalue weighted by atomic mass is 10.5. The van der Waals surface area contributed by atoms with E-state index in [9.17, 15) is 8.76 Å². The maximum absolute atomic E-state index is 11.6. The molecule has 0 aliphatic rings. The number of nitrogens with one attached hydrogen (secondary N) is 1. The van der Waals surface area contributed by atoms with E-state index in [4.69, 9.17) is 4.89 Å². The van der Waals surface area contributed by atoms with Crippen LogP contribution in [0.3, 0.4) is 0 Å². The third-order valence-corrected chi connectivity index (χ3v) is 1.17. The fourth-order valence-electron chi connectivity index (χ4n) is 0.250. The average Bonchev–Trinajstić information content (AvgIpc) is 1.59. The largest absolute Gasteiger partial charge is 0.440 e. The van der Waals surface area contributed by atoms with Gasteiger partial charge in [-0.15, -0.1) is 4.20 Å². The summed E-state index contributed by atoms with van der Waals surface area (Å²) >= 11 is 0. The molecule has 0 spiro atoms. The van der Waals surface area contributed by atoms with E-state index in [-0.39, 0.29) is 6.54 Å². The topological polar surface area (TPSA) is 49.3 Å². The first kappa shape index (κ1) is 8.08. The third kappa shape index (κ3) is 6.08. The molecule has 0 saturated carbocycles. The zero-order valence-electron chi connectivity index (χ0n) is 4.59. The predicted octanol–water partition coefficient (Wildman–Crippen LogP) is 1.06. The lowest BCUT2D eigenvalue weighted by Crippen LogP contribution is -2.07. The van der Waals surface area contributed by atoms with E-state index in [2.05, 4.69) is 0 Å². The van der Waals surface area contributed by atoms with Gasteiger partial charge in [0, 0.05) is 6.54 Å². The molecule has 0 aliphatic carbocycles. The summed E-state index contributed by atoms with van der Waals surface area (Å²) in [5.74, 6) is 0. The normalized spacial score (nSPS) is 17.9. The smallest absolute Gasteiger partial charge is 0.309 e. The fraction of sp³-hybridized carbons (Fsp3) is 1.00.